The summed E-state index contributed by atoms with van der Waals surface area (Å²) in [5, 5.41) is 11.1. The molecule has 1 aromatic carbocycles. The van der Waals surface area contributed by atoms with E-state index in [0.717, 1.165) is 22.5 Å². The molecule has 1 heterocycles. The third-order valence-electron chi connectivity index (χ3n) is 2.61. The number of aryl methyl sites for hydroxylation is 1. The second-order valence-electron chi connectivity index (χ2n) is 4.29. The van der Waals surface area contributed by atoms with Gasteiger partial charge in [-0.15, -0.1) is 5.10 Å². The van der Waals surface area contributed by atoms with Gasteiger partial charge in [0.2, 0.25) is 0 Å². The Balaban J connectivity index is 1.85. The van der Waals surface area contributed by atoms with E-state index in [4.69, 9.17) is 4.74 Å². The number of benzene rings is 1. The minimum atomic E-state index is 0.560. The Labute approximate surface area is 121 Å². The van der Waals surface area contributed by atoms with Crippen LogP contribution < -0.4 is 10.1 Å². The second-order valence-corrected chi connectivity index (χ2v) is 5.14. The van der Waals surface area contributed by atoms with E-state index in [2.05, 4.69) is 31.6 Å². The van der Waals surface area contributed by atoms with Crippen molar-refractivity contribution in [2.24, 2.45) is 0 Å². The molecule has 2 rings (SSSR count). The predicted molar refractivity (Wildman–Crippen MR) is 77.2 cm³/mol. The van der Waals surface area contributed by atoms with E-state index in [1.54, 1.807) is 4.68 Å². The quantitative estimate of drug-likeness (QED) is 0.884. The molecule has 5 nitrogen and oxygen atoms in total. The van der Waals surface area contributed by atoms with Crippen molar-refractivity contribution >= 4 is 15.9 Å². The van der Waals surface area contributed by atoms with Crippen LogP contribution in [0.4, 0.5) is 0 Å². The van der Waals surface area contributed by atoms with E-state index in [9.17, 15) is 0 Å². The third kappa shape index (κ3) is 4.04. The van der Waals surface area contributed by atoms with Gasteiger partial charge in [0.05, 0.1) is 16.7 Å². The Morgan fingerprint density at radius 1 is 1.42 bits per heavy atom. The lowest BCUT2D eigenvalue weighted by Gasteiger charge is -2.08. The van der Waals surface area contributed by atoms with Crippen LogP contribution in [0.3, 0.4) is 0 Å². The highest BCUT2D eigenvalue weighted by Crippen LogP contribution is 2.25. The summed E-state index contributed by atoms with van der Waals surface area (Å²) in [5.74, 6) is 0.848. The van der Waals surface area contributed by atoms with E-state index in [1.165, 1.54) is 5.56 Å². The molecule has 6 heteroatoms. The second kappa shape index (κ2) is 6.68. The molecule has 0 fully saturated rings. The smallest absolute Gasteiger partial charge is 0.133 e. The van der Waals surface area contributed by atoms with Crippen molar-refractivity contribution in [2.45, 2.75) is 20.0 Å². The zero-order chi connectivity index (χ0) is 13.7. The molecule has 0 spiro atoms. The van der Waals surface area contributed by atoms with Gasteiger partial charge in [-0.3, -0.25) is 0 Å². The number of halogens is 1. The Kier molecular flexibility index (Phi) is 4.93. The first kappa shape index (κ1) is 14.0. The van der Waals surface area contributed by atoms with Crippen molar-refractivity contribution < 1.29 is 4.74 Å². The highest BCUT2D eigenvalue weighted by molar-refractivity contribution is 9.10. The van der Waals surface area contributed by atoms with E-state index in [-0.39, 0.29) is 0 Å². The van der Waals surface area contributed by atoms with Gasteiger partial charge in [-0.05, 0) is 47.6 Å². The van der Waals surface area contributed by atoms with E-state index < -0.39 is 0 Å². The van der Waals surface area contributed by atoms with Crippen molar-refractivity contribution in [1.82, 2.24) is 20.3 Å². The summed E-state index contributed by atoms with van der Waals surface area (Å²) in [6, 6.07) is 6.03. The standard InChI is InChI=1S/C13H17BrN4O/c1-10-3-4-13(12(14)7-10)19-6-5-18-9-11(8-15-2)16-17-18/h3-4,7,9,15H,5-6,8H2,1-2H3. The molecule has 0 unspecified atom stereocenters. The van der Waals surface area contributed by atoms with Crippen molar-refractivity contribution in [1.29, 1.82) is 0 Å². The normalized spacial score (nSPS) is 10.7. The third-order valence-corrected chi connectivity index (χ3v) is 3.23. The summed E-state index contributed by atoms with van der Waals surface area (Å²) in [4.78, 5) is 0. The Hall–Kier alpha value is -1.40. The van der Waals surface area contributed by atoms with Crippen molar-refractivity contribution in [3.05, 3.63) is 40.1 Å². The van der Waals surface area contributed by atoms with Crippen LogP contribution in [-0.2, 0) is 13.1 Å². The highest BCUT2D eigenvalue weighted by atomic mass is 79.9. The van der Waals surface area contributed by atoms with Crippen LogP contribution >= 0.6 is 15.9 Å². The number of ether oxygens (including phenoxy) is 1. The first-order chi connectivity index (χ1) is 9.19. The maximum atomic E-state index is 5.71. The lowest BCUT2D eigenvalue weighted by atomic mass is 10.2. The number of rotatable bonds is 6. The van der Waals surface area contributed by atoms with Gasteiger partial charge < -0.3 is 10.1 Å². The molecule has 0 amide bonds. The zero-order valence-corrected chi connectivity index (χ0v) is 12.6. The topological polar surface area (TPSA) is 52.0 Å². The maximum Gasteiger partial charge on any atom is 0.133 e. The largest absolute Gasteiger partial charge is 0.490 e. The van der Waals surface area contributed by atoms with Gasteiger partial charge in [-0.2, -0.15) is 0 Å². The van der Waals surface area contributed by atoms with Gasteiger partial charge in [0.15, 0.2) is 0 Å². The first-order valence-electron chi connectivity index (χ1n) is 6.11. The SMILES string of the molecule is CNCc1cn(CCOc2ccc(C)cc2Br)nn1. The molecule has 0 aliphatic heterocycles. The van der Waals surface area contributed by atoms with Crippen LogP contribution in [0.2, 0.25) is 0 Å². The van der Waals surface area contributed by atoms with Crippen LogP contribution in [0.25, 0.3) is 0 Å². The fourth-order valence-electron chi connectivity index (χ4n) is 1.68. The molecule has 19 heavy (non-hydrogen) atoms. The van der Waals surface area contributed by atoms with E-state index in [1.807, 2.05) is 38.4 Å². The molecule has 0 saturated carbocycles. The number of hydrogen-bond acceptors (Lipinski definition) is 4. The van der Waals surface area contributed by atoms with Crippen LogP contribution in [0.1, 0.15) is 11.3 Å². The molecule has 0 saturated heterocycles. The zero-order valence-electron chi connectivity index (χ0n) is 11.1. The molecule has 102 valence electrons. The predicted octanol–water partition coefficient (Wildman–Crippen LogP) is 2.15. The monoisotopic (exact) mass is 324 g/mol. The molecule has 0 atom stereocenters. The number of aromatic nitrogens is 3. The molecule has 0 radical (unpaired) electrons. The van der Waals surface area contributed by atoms with Gasteiger partial charge >= 0.3 is 0 Å². The number of hydrogen-bond donors (Lipinski definition) is 1. The average Bonchev–Trinajstić information content (AvgIpc) is 2.80. The molecular formula is C13H17BrN4O. The molecule has 0 bridgehead atoms. The fraction of sp³-hybridized carbons (Fsp3) is 0.385. The first-order valence-corrected chi connectivity index (χ1v) is 6.91. The Bertz CT molecular complexity index is 541. The summed E-state index contributed by atoms with van der Waals surface area (Å²) < 4.78 is 8.47. The molecule has 0 aliphatic rings. The van der Waals surface area contributed by atoms with Gasteiger partial charge in [-0.25, -0.2) is 4.68 Å². The van der Waals surface area contributed by atoms with Crippen molar-refractivity contribution in [2.75, 3.05) is 13.7 Å². The van der Waals surface area contributed by atoms with Gasteiger partial charge in [-0.1, -0.05) is 11.3 Å². The maximum absolute atomic E-state index is 5.71. The highest BCUT2D eigenvalue weighted by Gasteiger charge is 2.02. The van der Waals surface area contributed by atoms with Crippen LogP contribution in [0.15, 0.2) is 28.9 Å². The molecule has 0 aliphatic carbocycles. The number of nitrogens with one attached hydrogen (secondary N) is 1. The van der Waals surface area contributed by atoms with Crippen molar-refractivity contribution in [3.8, 4) is 5.75 Å². The average molecular weight is 325 g/mol. The number of nitrogens with zero attached hydrogens (tertiary/aromatic N) is 3. The van der Waals surface area contributed by atoms with Crippen LogP contribution in [0.5, 0.6) is 5.75 Å². The van der Waals surface area contributed by atoms with E-state index >= 15 is 0 Å². The molecule has 1 N–H and O–H groups in total. The molecule has 2 aromatic rings. The summed E-state index contributed by atoms with van der Waals surface area (Å²) in [6.45, 7) is 4.01. The Morgan fingerprint density at radius 2 is 2.26 bits per heavy atom. The fourth-order valence-corrected chi connectivity index (χ4v) is 2.29. The van der Waals surface area contributed by atoms with Gasteiger partial charge in [0.25, 0.3) is 0 Å². The summed E-state index contributed by atoms with van der Waals surface area (Å²) in [6.07, 6.45) is 1.92. The summed E-state index contributed by atoms with van der Waals surface area (Å²) >= 11 is 3.49. The lowest BCUT2D eigenvalue weighted by Crippen LogP contribution is -2.09. The molecular weight excluding hydrogens is 308 g/mol. The Morgan fingerprint density at radius 3 is 3.00 bits per heavy atom. The summed E-state index contributed by atoms with van der Waals surface area (Å²) in [5.41, 5.74) is 2.13. The lowest BCUT2D eigenvalue weighted by molar-refractivity contribution is 0.288. The van der Waals surface area contributed by atoms with Crippen LogP contribution in [0, 0.1) is 6.92 Å². The van der Waals surface area contributed by atoms with E-state index in [0.29, 0.717) is 13.2 Å². The van der Waals surface area contributed by atoms with Crippen LogP contribution in [-0.4, -0.2) is 28.6 Å². The van der Waals surface area contributed by atoms with Gasteiger partial charge in [0.1, 0.15) is 12.4 Å². The van der Waals surface area contributed by atoms with Gasteiger partial charge in [0, 0.05) is 12.7 Å². The molecule has 1 aromatic heterocycles. The minimum absolute atomic E-state index is 0.560. The minimum Gasteiger partial charge on any atom is -0.490 e. The summed E-state index contributed by atoms with van der Waals surface area (Å²) in [7, 11) is 1.89. The van der Waals surface area contributed by atoms with Crippen molar-refractivity contribution in [3.63, 3.8) is 0 Å².